The number of ether oxygens (including phenoxy) is 1. The maximum absolute atomic E-state index is 5.14. The summed E-state index contributed by atoms with van der Waals surface area (Å²) in [6.07, 6.45) is 2.15. The Bertz CT molecular complexity index is 258. The third-order valence-corrected chi connectivity index (χ3v) is 1.72. The van der Waals surface area contributed by atoms with Gasteiger partial charge in [-0.2, -0.15) is 0 Å². The predicted octanol–water partition coefficient (Wildman–Crippen LogP) is 2.35. The molecule has 0 aliphatic carbocycles. The third-order valence-electron chi connectivity index (χ3n) is 1.72. The molecule has 66 valence electrons. The Morgan fingerprint density at radius 3 is 2.75 bits per heavy atom. The number of aryl methyl sites for hydroxylation is 2. The van der Waals surface area contributed by atoms with Crippen LogP contribution in [0.15, 0.2) is 12.1 Å². The smallest absolute Gasteiger partial charge is 0.122 e. The van der Waals surface area contributed by atoms with Gasteiger partial charge in [0.1, 0.15) is 5.75 Å². The summed E-state index contributed by atoms with van der Waals surface area (Å²) in [7, 11) is 1.69. The average molecular weight is 165 g/mol. The second-order valence-corrected chi connectivity index (χ2v) is 2.89. The van der Waals surface area contributed by atoms with Gasteiger partial charge in [-0.3, -0.25) is 4.98 Å². The fourth-order valence-electron chi connectivity index (χ4n) is 1.20. The van der Waals surface area contributed by atoms with Gasteiger partial charge in [-0.15, -0.1) is 0 Å². The minimum Gasteiger partial charge on any atom is -0.497 e. The quantitative estimate of drug-likeness (QED) is 0.686. The van der Waals surface area contributed by atoms with Gasteiger partial charge in [-0.05, 0) is 13.3 Å². The van der Waals surface area contributed by atoms with E-state index in [1.807, 2.05) is 19.1 Å². The highest BCUT2D eigenvalue weighted by Crippen LogP contribution is 2.13. The first kappa shape index (κ1) is 9.04. The molecule has 0 fully saturated rings. The average Bonchev–Trinajstić information content (AvgIpc) is 2.04. The molecule has 0 aromatic carbocycles. The summed E-state index contributed by atoms with van der Waals surface area (Å²) in [6.45, 7) is 4.14. The lowest BCUT2D eigenvalue weighted by molar-refractivity contribution is 0.413. The fraction of sp³-hybridized carbons (Fsp3) is 0.500. The molecule has 0 bridgehead atoms. The molecule has 1 rings (SSSR count). The predicted molar refractivity (Wildman–Crippen MR) is 49.5 cm³/mol. The molecule has 0 spiro atoms. The highest BCUT2D eigenvalue weighted by Gasteiger charge is 1.98. The zero-order valence-electron chi connectivity index (χ0n) is 7.92. The van der Waals surface area contributed by atoms with Gasteiger partial charge in [-0.1, -0.05) is 13.3 Å². The lowest BCUT2D eigenvalue weighted by atomic mass is 10.2. The van der Waals surface area contributed by atoms with Crippen LogP contribution in [0.4, 0.5) is 0 Å². The van der Waals surface area contributed by atoms with Gasteiger partial charge >= 0.3 is 0 Å². The fourth-order valence-corrected chi connectivity index (χ4v) is 1.20. The van der Waals surface area contributed by atoms with Gasteiger partial charge in [0.25, 0.3) is 0 Å². The van der Waals surface area contributed by atoms with E-state index in [1.54, 1.807) is 7.11 Å². The standard InChI is InChI=1S/C10H15NO/c1-4-5-9-7-10(12-3)6-8(2)11-9/h6-7H,4-5H2,1-3H3. The van der Waals surface area contributed by atoms with Crippen molar-refractivity contribution in [1.82, 2.24) is 4.98 Å². The van der Waals surface area contributed by atoms with E-state index in [1.165, 1.54) is 0 Å². The van der Waals surface area contributed by atoms with E-state index in [0.717, 1.165) is 30.0 Å². The van der Waals surface area contributed by atoms with Crippen molar-refractivity contribution >= 4 is 0 Å². The van der Waals surface area contributed by atoms with Crippen LogP contribution in [0, 0.1) is 6.92 Å². The summed E-state index contributed by atoms with van der Waals surface area (Å²) in [5.41, 5.74) is 2.15. The van der Waals surface area contributed by atoms with Crippen LogP contribution in [0.3, 0.4) is 0 Å². The van der Waals surface area contributed by atoms with Gasteiger partial charge in [0.05, 0.1) is 7.11 Å². The first-order chi connectivity index (χ1) is 5.76. The molecule has 12 heavy (non-hydrogen) atoms. The van der Waals surface area contributed by atoms with E-state index in [0.29, 0.717) is 0 Å². The molecule has 0 saturated heterocycles. The molecule has 0 aliphatic rings. The number of methoxy groups -OCH3 is 1. The van der Waals surface area contributed by atoms with Crippen LogP contribution in [0.1, 0.15) is 24.7 Å². The van der Waals surface area contributed by atoms with E-state index in [4.69, 9.17) is 4.74 Å². The van der Waals surface area contributed by atoms with Crippen molar-refractivity contribution in [2.24, 2.45) is 0 Å². The highest BCUT2D eigenvalue weighted by molar-refractivity contribution is 5.26. The van der Waals surface area contributed by atoms with Crippen molar-refractivity contribution in [2.45, 2.75) is 26.7 Å². The number of hydrogen-bond donors (Lipinski definition) is 0. The summed E-state index contributed by atoms with van der Waals surface area (Å²) >= 11 is 0. The van der Waals surface area contributed by atoms with Gasteiger partial charge in [0.2, 0.25) is 0 Å². The minimum absolute atomic E-state index is 0.908. The molecule has 0 unspecified atom stereocenters. The van der Waals surface area contributed by atoms with E-state index in [9.17, 15) is 0 Å². The summed E-state index contributed by atoms with van der Waals surface area (Å²) in [4.78, 5) is 4.39. The molecule has 2 nitrogen and oxygen atoms in total. The Hall–Kier alpha value is -1.05. The summed E-state index contributed by atoms with van der Waals surface area (Å²) < 4.78 is 5.14. The number of nitrogens with zero attached hydrogens (tertiary/aromatic N) is 1. The van der Waals surface area contributed by atoms with Crippen LogP contribution >= 0.6 is 0 Å². The van der Waals surface area contributed by atoms with Crippen molar-refractivity contribution in [2.75, 3.05) is 7.11 Å². The second-order valence-electron chi connectivity index (χ2n) is 2.89. The topological polar surface area (TPSA) is 22.1 Å². The SMILES string of the molecule is CCCc1cc(OC)cc(C)n1. The van der Waals surface area contributed by atoms with Crippen LogP contribution in [-0.2, 0) is 6.42 Å². The molecule has 0 amide bonds. The second kappa shape index (κ2) is 4.10. The summed E-state index contributed by atoms with van der Waals surface area (Å²) in [5, 5.41) is 0. The van der Waals surface area contributed by atoms with Gasteiger partial charge in [0.15, 0.2) is 0 Å². The van der Waals surface area contributed by atoms with Crippen molar-refractivity contribution < 1.29 is 4.74 Å². The van der Waals surface area contributed by atoms with Crippen molar-refractivity contribution in [1.29, 1.82) is 0 Å². The maximum Gasteiger partial charge on any atom is 0.122 e. The molecule has 2 heteroatoms. The normalized spacial score (nSPS) is 9.92. The molecule has 0 radical (unpaired) electrons. The Balaban J connectivity index is 2.90. The number of pyridine rings is 1. The summed E-state index contributed by atoms with van der Waals surface area (Å²) in [5.74, 6) is 0.908. The molecule has 1 heterocycles. The van der Waals surface area contributed by atoms with Crippen LogP contribution in [0.25, 0.3) is 0 Å². The maximum atomic E-state index is 5.14. The van der Waals surface area contributed by atoms with E-state index >= 15 is 0 Å². The van der Waals surface area contributed by atoms with Crippen LogP contribution in [0.5, 0.6) is 5.75 Å². The van der Waals surface area contributed by atoms with E-state index in [-0.39, 0.29) is 0 Å². The monoisotopic (exact) mass is 165 g/mol. The van der Waals surface area contributed by atoms with Crippen LogP contribution in [0.2, 0.25) is 0 Å². The van der Waals surface area contributed by atoms with Crippen molar-refractivity contribution in [3.05, 3.63) is 23.5 Å². The molecule has 0 aliphatic heterocycles. The lowest BCUT2D eigenvalue weighted by Crippen LogP contribution is -1.93. The molecular formula is C10H15NO. The lowest BCUT2D eigenvalue weighted by Gasteiger charge is -2.04. The Kier molecular flexibility index (Phi) is 3.09. The van der Waals surface area contributed by atoms with Crippen LogP contribution < -0.4 is 4.74 Å². The molecule has 0 saturated carbocycles. The molecule has 0 N–H and O–H groups in total. The first-order valence-electron chi connectivity index (χ1n) is 4.27. The zero-order chi connectivity index (χ0) is 8.97. The van der Waals surface area contributed by atoms with E-state index in [2.05, 4.69) is 11.9 Å². The molecule has 1 aromatic heterocycles. The highest BCUT2D eigenvalue weighted by atomic mass is 16.5. The Morgan fingerprint density at radius 1 is 1.42 bits per heavy atom. The number of rotatable bonds is 3. The third kappa shape index (κ3) is 2.22. The van der Waals surface area contributed by atoms with Crippen molar-refractivity contribution in [3.8, 4) is 5.75 Å². The van der Waals surface area contributed by atoms with Gasteiger partial charge in [-0.25, -0.2) is 0 Å². The largest absolute Gasteiger partial charge is 0.497 e. The van der Waals surface area contributed by atoms with Crippen LogP contribution in [-0.4, -0.2) is 12.1 Å². The molecular weight excluding hydrogens is 150 g/mol. The minimum atomic E-state index is 0.908. The summed E-state index contributed by atoms with van der Waals surface area (Å²) in [6, 6.07) is 3.94. The van der Waals surface area contributed by atoms with Crippen molar-refractivity contribution in [3.63, 3.8) is 0 Å². The van der Waals surface area contributed by atoms with Gasteiger partial charge in [0, 0.05) is 23.5 Å². The zero-order valence-corrected chi connectivity index (χ0v) is 7.92. The number of hydrogen-bond acceptors (Lipinski definition) is 2. The van der Waals surface area contributed by atoms with E-state index < -0.39 is 0 Å². The molecule has 0 atom stereocenters. The Morgan fingerprint density at radius 2 is 2.17 bits per heavy atom. The Labute approximate surface area is 73.6 Å². The molecule has 1 aromatic rings. The first-order valence-corrected chi connectivity index (χ1v) is 4.27. The number of aromatic nitrogens is 1. The van der Waals surface area contributed by atoms with Gasteiger partial charge < -0.3 is 4.74 Å².